The summed E-state index contributed by atoms with van der Waals surface area (Å²) in [6.45, 7) is 1.52. The first-order valence-corrected chi connectivity index (χ1v) is 5.36. The van der Waals surface area contributed by atoms with Crippen LogP contribution in [0.5, 0.6) is 0 Å². The van der Waals surface area contributed by atoms with E-state index in [9.17, 15) is 14.4 Å². The third-order valence-corrected chi connectivity index (χ3v) is 2.68. The number of carboxylic acid groups (broad SMARTS) is 1. The number of cyclic esters (lactones) is 1. The average Bonchev–Trinajstić information content (AvgIpc) is 2.48. The van der Waals surface area contributed by atoms with Gasteiger partial charge in [-0.15, -0.1) is 0 Å². The van der Waals surface area contributed by atoms with E-state index in [2.05, 4.69) is 4.74 Å². The summed E-state index contributed by atoms with van der Waals surface area (Å²) in [6, 6.07) is -0.978. The first kappa shape index (κ1) is 11.8. The van der Waals surface area contributed by atoms with E-state index in [1.807, 2.05) is 6.92 Å². The molecular formula is C8H11NO5S. The lowest BCUT2D eigenvalue weighted by atomic mass is 10.2. The molecule has 1 aliphatic heterocycles. The summed E-state index contributed by atoms with van der Waals surface area (Å²) in [5.41, 5.74) is 0. The second kappa shape index (κ2) is 5.01. The number of hydrogen-bond acceptors (Lipinski definition) is 5. The van der Waals surface area contributed by atoms with Crippen molar-refractivity contribution in [1.29, 1.82) is 0 Å². The largest absolute Gasteiger partial charge is 0.465 e. The van der Waals surface area contributed by atoms with Crippen molar-refractivity contribution in [2.75, 3.05) is 12.5 Å². The second-order valence-corrected chi connectivity index (χ2v) is 4.19. The summed E-state index contributed by atoms with van der Waals surface area (Å²) in [4.78, 5) is 33.9. The van der Waals surface area contributed by atoms with E-state index >= 15 is 0 Å². The molecule has 1 amide bonds. The Morgan fingerprint density at radius 3 is 2.87 bits per heavy atom. The fraction of sp³-hybridized carbons (Fsp3) is 0.625. The van der Waals surface area contributed by atoms with Gasteiger partial charge in [-0.2, -0.15) is 0 Å². The quantitative estimate of drug-likeness (QED) is 0.715. The van der Waals surface area contributed by atoms with Crippen LogP contribution in [0.2, 0.25) is 0 Å². The van der Waals surface area contributed by atoms with Gasteiger partial charge in [0.15, 0.2) is 11.8 Å². The van der Waals surface area contributed by atoms with Crippen LogP contribution >= 0.6 is 11.8 Å². The van der Waals surface area contributed by atoms with Crippen molar-refractivity contribution in [1.82, 2.24) is 4.90 Å². The van der Waals surface area contributed by atoms with Gasteiger partial charge in [-0.1, -0.05) is 18.7 Å². The molecule has 1 aliphatic rings. The van der Waals surface area contributed by atoms with Gasteiger partial charge in [-0.25, -0.2) is 9.59 Å². The number of esters is 1. The SMILES string of the molecule is CCSC(=O)C[C@H]1C(=O)OCN1C(=O)O. The topological polar surface area (TPSA) is 83.9 Å². The minimum Gasteiger partial charge on any atom is -0.465 e. The van der Waals surface area contributed by atoms with E-state index < -0.39 is 18.1 Å². The first-order valence-electron chi connectivity index (χ1n) is 4.38. The normalized spacial score (nSPS) is 20.2. The molecule has 0 aromatic carbocycles. The number of carbonyl (C=O) groups excluding carboxylic acids is 2. The third kappa shape index (κ3) is 2.85. The van der Waals surface area contributed by atoms with Gasteiger partial charge in [0.1, 0.15) is 6.04 Å². The number of amides is 1. The van der Waals surface area contributed by atoms with Crippen LogP contribution in [-0.2, 0) is 14.3 Å². The van der Waals surface area contributed by atoms with Crippen molar-refractivity contribution >= 4 is 28.9 Å². The molecule has 6 nitrogen and oxygen atoms in total. The Labute approximate surface area is 90.6 Å². The molecule has 0 spiro atoms. The molecular weight excluding hydrogens is 222 g/mol. The van der Waals surface area contributed by atoms with Crippen LogP contribution in [0.4, 0.5) is 4.79 Å². The van der Waals surface area contributed by atoms with Crippen LogP contribution < -0.4 is 0 Å². The lowest BCUT2D eigenvalue weighted by molar-refractivity contribution is -0.139. The van der Waals surface area contributed by atoms with Crippen LogP contribution in [0.1, 0.15) is 13.3 Å². The van der Waals surface area contributed by atoms with E-state index in [4.69, 9.17) is 5.11 Å². The molecule has 0 radical (unpaired) electrons. The molecule has 7 heteroatoms. The Balaban J connectivity index is 2.60. The van der Waals surface area contributed by atoms with Crippen LogP contribution in [0, 0.1) is 0 Å². The summed E-state index contributed by atoms with van der Waals surface area (Å²) in [5.74, 6) is -0.0457. The molecule has 1 N–H and O–H groups in total. The van der Waals surface area contributed by atoms with E-state index in [0.717, 1.165) is 16.7 Å². The zero-order valence-electron chi connectivity index (χ0n) is 8.13. The Morgan fingerprint density at radius 2 is 2.33 bits per heavy atom. The zero-order valence-corrected chi connectivity index (χ0v) is 8.95. The summed E-state index contributed by atoms with van der Waals surface area (Å²) in [7, 11) is 0. The highest BCUT2D eigenvalue weighted by atomic mass is 32.2. The van der Waals surface area contributed by atoms with Crippen LogP contribution in [0.15, 0.2) is 0 Å². The highest BCUT2D eigenvalue weighted by Gasteiger charge is 2.39. The molecule has 0 bridgehead atoms. The number of hydrogen-bond donors (Lipinski definition) is 1. The molecule has 0 unspecified atom stereocenters. The van der Waals surface area contributed by atoms with Crippen molar-refractivity contribution in [3.8, 4) is 0 Å². The molecule has 15 heavy (non-hydrogen) atoms. The summed E-state index contributed by atoms with van der Waals surface area (Å²) < 4.78 is 4.56. The van der Waals surface area contributed by atoms with Crippen molar-refractivity contribution in [2.45, 2.75) is 19.4 Å². The van der Waals surface area contributed by atoms with Crippen molar-refractivity contribution in [3.63, 3.8) is 0 Å². The third-order valence-electron chi connectivity index (χ3n) is 1.91. The smallest absolute Gasteiger partial charge is 0.410 e. The summed E-state index contributed by atoms with van der Waals surface area (Å²) in [5, 5.41) is 8.52. The van der Waals surface area contributed by atoms with Crippen LogP contribution in [0.25, 0.3) is 0 Å². The monoisotopic (exact) mass is 233 g/mol. The van der Waals surface area contributed by atoms with Gasteiger partial charge in [0, 0.05) is 6.42 Å². The van der Waals surface area contributed by atoms with Gasteiger partial charge < -0.3 is 9.84 Å². The van der Waals surface area contributed by atoms with Gasteiger partial charge in [0.2, 0.25) is 0 Å². The van der Waals surface area contributed by atoms with E-state index in [1.54, 1.807) is 0 Å². The number of rotatable bonds is 3. The number of nitrogens with zero attached hydrogens (tertiary/aromatic N) is 1. The van der Waals surface area contributed by atoms with E-state index in [-0.39, 0.29) is 18.3 Å². The maximum Gasteiger partial charge on any atom is 0.410 e. The van der Waals surface area contributed by atoms with Gasteiger partial charge in [-0.05, 0) is 5.75 Å². The summed E-state index contributed by atoms with van der Waals surface area (Å²) in [6.07, 6.45) is -1.37. The minimum absolute atomic E-state index is 0.121. The maximum atomic E-state index is 11.2. The Bertz CT molecular complexity index is 293. The molecule has 0 aromatic rings. The molecule has 1 fully saturated rings. The van der Waals surface area contributed by atoms with Crippen LogP contribution in [-0.4, -0.2) is 45.7 Å². The first-order chi connectivity index (χ1) is 7.06. The molecule has 1 rings (SSSR count). The standard InChI is InChI=1S/C8H11NO5S/c1-2-15-6(10)3-5-7(11)14-4-9(5)8(12)13/h5H,2-4H2,1H3,(H,12,13)/t5-/m0/s1. The van der Waals surface area contributed by atoms with Crippen molar-refractivity contribution < 1.29 is 24.2 Å². The average molecular weight is 233 g/mol. The molecule has 1 atom stereocenters. The highest BCUT2D eigenvalue weighted by molar-refractivity contribution is 8.13. The van der Waals surface area contributed by atoms with Crippen LogP contribution in [0.3, 0.4) is 0 Å². The summed E-state index contributed by atoms with van der Waals surface area (Å²) >= 11 is 1.07. The lowest BCUT2D eigenvalue weighted by Gasteiger charge is -2.14. The number of thioether (sulfide) groups is 1. The number of carbonyl (C=O) groups is 3. The van der Waals surface area contributed by atoms with Gasteiger partial charge in [0.25, 0.3) is 0 Å². The molecule has 1 saturated heterocycles. The molecule has 84 valence electrons. The Morgan fingerprint density at radius 1 is 1.67 bits per heavy atom. The highest BCUT2D eigenvalue weighted by Crippen LogP contribution is 2.18. The Hall–Kier alpha value is -1.24. The lowest BCUT2D eigenvalue weighted by Crippen LogP contribution is -2.38. The second-order valence-electron chi connectivity index (χ2n) is 2.87. The zero-order chi connectivity index (χ0) is 11.4. The Kier molecular flexibility index (Phi) is 3.96. The molecule has 0 aromatic heterocycles. The molecule has 1 heterocycles. The van der Waals surface area contributed by atoms with E-state index in [0.29, 0.717) is 5.75 Å². The fourth-order valence-electron chi connectivity index (χ4n) is 1.21. The predicted molar refractivity (Wildman–Crippen MR) is 52.4 cm³/mol. The van der Waals surface area contributed by atoms with Crippen molar-refractivity contribution in [3.05, 3.63) is 0 Å². The number of ether oxygens (including phenoxy) is 1. The molecule has 0 aliphatic carbocycles. The van der Waals surface area contributed by atoms with E-state index in [1.165, 1.54) is 0 Å². The fourth-order valence-corrected chi connectivity index (χ4v) is 1.80. The maximum absolute atomic E-state index is 11.2. The van der Waals surface area contributed by atoms with Gasteiger partial charge >= 0.3 is 12.1 Å². The predicted octanol–water partition coefficient (Wildman–Crippen LogP) is 0.519. The van der Waals surface area contributed by atoms with Gasteiger partial charge in [-0.3, -0.25) is 9.69 Å². The molecule has 0 saturated carbocycles. The minimum atomic E-state index is -1.25. The van der Waals surface area contributed by atoms with Crippen molar-refractivity contribution in [2.24, 2.45) is 0 Å². The van der Waals surface area contributed by atoms with Gasteiger partial charge in [0.05, 0.1) is 0 Å².